The third-order valence-electron chi connectivity index (χ3n) is 4.85. The average molecular weight is 434 g/mol. The van der Waals surface area contributed by atoms with Crippen molar-refractivity contribution < 1.29 is 0 Å². The summed E-state index contributed by atoms with van der Waals surface area (Å²) >= 11 is 5.39. The molecule has 0 aliphatic heterocycles. The van der Waals surface area contributed by atoms with E-state index in [1.807, 2.05) is 0 Å². The lowest BCUT2D eigenvalue weighted by Gasteiger charge is -2.37. The van der Waals surface area contributed by atoms with Crippen LogP contribution in [0.15, 0.2) is 106 Å². The number of rotatable bonds is 6. The standard InChI is InChI=1S/C24H20BrNS/c25-23-18-27-17-19(23)16-26-24(20-10-4-1-5-11-20,21-12-6-2-7-13-21)22-14-8-3-9-15-22/h1-15,17-18,26H,16H2. The summed E-state index contributed by atoms with van der Waals surface area (Å²) in [7, 11) is 0. The molecule has 4 aromatic rings. The Hall–Kier alpha value is -2.20. The van der Waals surface area contributed by atoms with Crippen LogP contribution >= 0.6 is 27.3 Å². The number of hydrogen-bond donors (Lipinski definition) is 1. The molecule has 27 heavy (non-hydrogen) atoms. The van der Waals surface area contributed by atoms with Crippen LogP contribution in [0.25, 0.3) is 0 Å². The minimum absolute atomic E-state index is 0.425. The van der Waals surface area contributed by atoms with E-state index in [0.29, 0.717) is 0 Å². The first-order chi connectivity index (χ1) is 13.3. The lowest BCUT2D eigenvalue weighted by Crippen LogP contribution is -2.44. The highest BCUT2D eigenvalue weighted by Gasteiger charge is 2.35. The van der Waals surface area contributed by atoms with Crippen LogP contribution in [0.2, 0.25) is 0 Å². The van der Waals surface area contributed by atoms with Crippen LogP contribution < -0.4 is 5.32 Å². The summed E-state index contributed by atoms with van der Waals surface area (Å²) < 4.78 is 1.16. The van der Waals surface area contributed by atoms with Gasteiger partial charge in [-0.2, -0.15) is 11.3 Å². The number of thiophene rings is 1. The highest BCUT2D eigenvalue weighted by molar-refractivity contribution is 9.10. The van der Waals surface area contributed by atoms with Crippen molar-refractivity contribution in [3.8, 4) is 0 Å². The molecule has 0 spiro atoms. The van der Waals surface area contributed by atoms with Crippen molar-refractivity contribution in [2.75, 3.05) is 0 Å². The van der Waals surface area contributed by atoms with E-state index in [1.54, 1.807) is 11.3 Å². The first kappa shape index (κ1) is 18.2. The van der Waals surface area contributed by atoms with Gasteiger partial charge in [-0.3, -0.25) is 5.32 Å². The molecule has 0 bridgehead atoms. The van der Waals surface area contributed by atoms with Gasteiger partial charge < -0.3 is 0 Å². The van der Waals surface area contributed by atoms with Crippen molar-refractivity contribution in [1.29, 1.82) is 0 Å². The molecule has 0 fully saturated rings. The molecule has 4 rings (SSSR count). The zero-order valence-electron chi connectivity index (χ0n) is 14.8. The van der Waals surface area contributed by atoms with Gasteiger partial charge in [0.1, 0.15) is 0 Å². The Bertz CT molecular complexity index is 884. The average Bonchev–Trinajstić information content (AvgIpc) is 3.16. The molecule has 0 radical (unpaired) electrons. The van der Waals surface area contributed by atoms with E-state index >= 15 is 0 Å². The van der Waals surface area contributed by atoms with Crippen molar-refractivity contribution >= 4 is 27.3 Å². The fourth-order valence-corrected chi connectivity index (χ4v) is 4.98. The predicted octanol–water partition coefficient (Wildman–Crippen LogP) is 6.59. The van der Waals surface area contributed by atoms with Gasteiger partial charge in [-0.05, 0) is 43.6 Å². The van der Waals surface area contributed by atoms with Crippen molar-refractivity contribution in [3.05, 3.63) is 128 Å². The molecule has 0 unspecified atom stereocenters. The van der Waals surface area contributed by atoms with Crippen molar-refractivity contribution in [2.45, 2.75) is 12.1 Å². The second kappa shape index (κ2) is 8.22. The predicted molar refractivity (Wildman–Crippen MR) is 118 cm³/mol. The molecule has 3 aromatic carbocycles. The Morgan fingerprint density at radius 2 is 1.11 bits per heavy atom. The minimum Gasteiger partial charge on any atom is -0.296 e. The van der Waals surface area contributed by atoms with Crippen LogP contribution in [-0.4, -0.2) is 0 Å². The molecule has 134 valence electrons. The first-order valence-electron chi connectivity index (χ1n) is 8.93. The third kappa shape index (κ3) is 3.63. The summed E-state index contributed by atoms with van der Waals surface area (Å²) in [6, 6.07) is 32.1. The van der Waals surface area contributed by atoms with Crippen LogP contribution in [-0.2, 0) is 12.1 Å². The summed E-state index contributed by atoms with van der Waals surface area (Å²) in [5.41, 5.74) is 4.54. The number of nitrogens with one attached hydrogen (secondary N) is 1. The molecule has 1 aromatic heterocycles. The Kier molecular flexibility index (Phi) is 5.53. The second-order valence-electron chi connectivity index (χ2n) is 6.45. The molecule has 0 atom stereocenters. The van der Waals surface area contributed by atoms with Gasteiger partial charge in [0.2, 0.25) is 0 Å². The molecule has 0 aliphatic rings. The van der Waals surface area contributed by atoms with Crippen LogP contribution in [0, 0.1) is 0 Å². The van der Waals surface area contributed by atoms with Crippen LogP contribution in [0.5, 0.6) is 0 Å². The van der Waals surface area contributed by atoms with E-state index in [4.69, 9.17) is 0 Å². The highest BCUT2D eigenvalue weighted by atomic mass is 79.9. The maximum Gasteiger partial charge on any atom is 0.0950 e. The van der Waals surface area contributed by atoms with E-state index < -0.39 is 5.54 Å². The monoisotopic (exact) mass is 433 g/mol. The Morgan fingerprint density at radius 1 is 0.667 bits per heavy atom. The van der Waals surface area contributed by atoms with Crippen LogP contribution in [0.4, 0.5) is 0 Å². The summed E-state index contributed by atoms with van der Waals surface area (Å²) in [6.45, 7) is 0.767. The molecule has 1 nitrogen and oxygen atoms in total. The van der Waals surface area contributed by atoms with Crippen LogP contribution in [0.3, 0.4) is 0 Å². The summed E-state index contributed by atoms with van der Waals surface area (Å²) in [5, 5.41) is 8.23. The number of halogens is 1. The van der Waals surface area contributed by atoms with E-state index in [0.717, 1.165) is 11.0 Å². The molecular formula is C24H20BrNS. The molecule has 1 heterocycles. The lowest BCUT2D eigenvalue weighted by molar-refractivity contribution is 0.471. The summed E-state index contributed by atoms with van der Waals surface area (Å²) in [5.74, 6) is 0. The molecule has 0 saturated heterocycles. The summed E-state index contributed by atoms with van der Waals surface area (Å²) in [6.07, 6.45) is 0. The Labute approximate surface area is 172 Å². The second-order valence-corrected chi connectivity index (χ2v) is 8.04. The molecule has 1 N–H and O–H groups in total. The molecule has 0 saturated carbocycles. The van der Waals surface area contributed by atoms with E-state index in [-0.39, 0.29) is 0 Å². The number of benzene rings is 3. The van der Waals surface area contributed by atoms with Gasteiger partial charge in [0.25, 0.3) is 0 Å². The van der Waals surface area contributed by atoms with Crippen molar-refractivity contribution in [1.82, 2.24) is 5.32 Å². The Balaban J connectivity index is 1.90. The first-order valence-corrected chi connectivity index (χ1v) is 10.7. The van der Waals surface area contributed by atoms with Crippen LogP contribution in [0.1, 0.15) is 22.3 Å². The van der Waals surface area contributed by atoms with Gasteiger partial charge >= 0.3 is 0 Å². The zero-order valence-corrected chi connectivity index (χ0v) is 17.2. The zero-order chi connectivity index (χ0) is 18.5. The summed E-state index contributed by atoms with van der Waals surface area (Å²) in [4.78, 5) is 0. The largest absolute Gasteiger partial charge is 0.296 e. The fourth-order valence-electron chi connectivity index (χ4n) is 3.53. The number of hydrogen-bond acceptors (Lipinski definition) is 2. The quantitative estimate of drug-likeness (QED) is 0.338. The van der Waals surface area contributed by atoms with Gasteiger partial charge in [-0.15, -0.1) is 0 Å². The van der Waals surface area contributed by atoms with E-state index in [2.05, 4.69) is 123 Å². The maximum absolute atomic E-state index is 3.90. The van der Waals surface area contributed by atoms with E-state index in [9.17, 15) is 0 Å². The molecule has 0 aliphatic carbocycles. The highest BCUT2D eigenvalue weighted by Crippen LogP contribution is 2.37. The normalized spacial score (nSPS) is 11.4. The molecule has 0 amide bonds. The van der Waals surface area contributed by atoms with Gasteiger partial charge in [-0.1, -0.05) is 91.0 Å². The Morgan fingerprint density at radius 3 is 1.48 bits per heavy atom. The topological polar surface area (TPSA) is 12.0 Å². The lowest BCUT2D eigenvalue weighted by atomic mass is 9.77. The van der Waals surface area contributed by atoms with Crippen molar-refractivity contribution in [2.24, 2.45) is 0 Å². The third-order valence-corrected chi connectivity index (χ3v) is 6.69. The smallest absolute Gasteiger partial charge is 0.0950 e. The molecular weight excluding hydrogens is 414 g/mol. The maximum atomic E-state index is 3.90. The fraction of sp³-hybridized carbons (Fsp3) is 0.0833. The van der Waals surface area contributed by atoms with Gasteiger partial charge in [-0.25, -0.2) is 0 Å². The molecule has 3 heteroatoms. The van der Waals surface area contributed by atoms with Gasteiger partial charge in [0.15, 0.2) is 0 Å². The minimum atomic E-state index is -0.425. The van der Waals surface area contributed by atoms with Gasteiger partial charge in [0.05, 0.1) is 5.54 Å². The van der Waals surface area contributed by atoms with Crippen molar-refractivity contribution in [3.63, 3.8) is 0 Å². The van der Waals surface area contributed by atoms with E-state index in [1.165, 1.54) is 22.3 Å². The SMILES string of the molecule is Brc1cscc1CNC(c1ccccc1)(c1ccccc1)c1ccccc1. The van der Waals surface area contributed by atoms with Gasteiger partial charge in [0, 0.05) is 16.4 Å².